The first-order valence-electron chi connectivity index (χ1n) is 23.5. The molecule has 4 amide bonds. The number of benzene rings is 5. The molecule has 2 saturated heterocycles. The van der Waals surface area contributed by atoms with Gasteiger partial charge in [-0.15, -0.1) is 11.3 Å². The highest BCUT2D eigenvalue weighted by atomic mass is 35.5. The Hall–Kier alpha value is -7.48. The van der Waals surface area contributed by atoms with Crippen LogP contribution in [0.25, 0.3) is 32.8 Å². The maximum atomic E-state index is 15.5. The number of hydrogen-bond donors (Lipinski definition) is 1. The van der Waals surface area contributed by atoms with Gasteiger partial charge >= 0.3 is 0 Å². The van der Waals surface area contributed by atoms with E-state index in [1.165, 1.54) is 15.9 Å². The third-order valence-electron chi connectivity index (χ3n) is 15.1. The van der Waals surface area contributed by atoms with Crippen LogP contribution in [0.2, 0.25) is 5.02 Å². The highest BCUT2D eigenvalue weighted by Gasteiger charge is 2.68. The average Bonchev–Trinajstić information content (AvgIpc) is 4.05. The van der Waals surface area contributed by atoms with Crippen molar-refractivity contribution in [3.63, 3.8) is 0 Å². The van der Waals surface area contributed by atoms with Crippen molar-refractivity contribution in [3.05, 3.63) is 160 Å². The number of nitrogens with zero attached hydrogens (tertiary/aromatic N) is 4. The van der Waals surface area contributed by atoms with Gasteiger partial charge in [0.25, 0.3) is 0 Å². The second kappa shape index (κ2) is 17.7. The molecular formula is C57H49ClN4O8S. The fraction of sp³-hybridized carbons (Fsp3) is 0.246. The third-order valence-corrected chi connectivity index (χ3v) is 16.6. The fourth-order valence-electron chi connectivity index (χ4n) is 11.5. The van der Waals surface area contributed by atoms with Crippen LogP contribution in [0, 0.1) is 36.0 Å². The number of phenolic OH excluding ortho intramolecular Hbond substituents is 1. The van der Waals surface area contributed by atoms with Crippen LogP contribution < -0.4 is 24.0 Å². The molecule has 2 aliphatic carbocycles. The van der Waals surface area contributed by atoms with Crippen LogP contribution in [-0.4, -0.2) is 52.7 Å². The molecule has 0 bridgehead atoms. The first-order valence-corrected chi connectivity index (χ1v) is 24.7. The van der Waals surface area contributed by atoms with Crippen LogP contribution in [0.1, 0.15) is 53.5 Å². The number of amides is 4. The van der Waals surface area contributed by atoms with E-state index in [1.54, 1.807) is 74.5 Å². The number of aryl methyl sites for hydroxylation is 2. The van der Waals surface area contributed by atoms with Gasteiger partial charge in [0.05, 0.1) is 48.0 Å². The van der Waals surface area contributed by atoms with Crippen molar-refractivity contribution in [2.24, 2.45) is 36.1 Å². The van der Waals surface area contributed by atoms with Crippen LogP contribution in [-0.2, 0) is 32.8 Å². The molecule has 358 valence electrons. The zero-order valence-electron chi connectivity index (χ0n) is 39.6. The third kappa shape index (κ3) is 7.52. The lowest BCUT2D eigenvalue weighted by atomic mass is 9.51. The highest BCUT2D eigenvalue weighted by molar-refractivity contribution is 7.22. The number of carbonyl (C=O) groups excluding carboxylic acids is 4. The van der Waals surface area contributed by atoms with Crippen molar-refractivity contribution in [2.75, 3.05) is 24.0 Å². The average molecular weight is 986 g/mol. The van der Waals surface area contributed by atoms with Gasteiger partial charge in [0.1, 0.15) is 41.1 Å². The van der Waals surface area contributed by atoms with E-state index >= 15 is 9.59 Å². The number of fused-ring (bicyclic) bond motifs is 5. The lowest BCUT2D eigenvalue weighted by Crippen LogP contribution is -2.49. The van der Waals surface area contributed by atoms with Crippen LogP contribution in [0.4, 0.5) is 11.5 Å². The zero-order chi connectivity index (χ0) is 49.5. The molecule has 3 fully saturated rings. The number of allylic oxidation sites excluding steroid dienone is 2. The summed E-state index contributed by atoms with van der Waals surface area (Å²) in [5, 5.41) is 18.5. The Kier molecular flexibility index (Phi) is 11.5. The number of aromatic nitrogens is 2. The van der Waals surface area contributed by atoms with Gasteiger partial charge in [0.15, 0.2) is 0 Å². The number of ether oxygens (including phenoxy) is 3. The Bertz CT molecular complexity index is 3400. The highest BCUT2D eigenvalue weighted by Crippen LogP contribution is 2.65. The first-order chi connectivity index (χ1) is 34.3. The second-order valence-electron chi connectivity index (χ2n) is 18.9. The van der Waals surface area contributed by atoms with Gasteiger partial charge in [-0.25, -0.2) is 4.90 Å². The Morgan fingerprint density at radius 2 is 1.61 bits per heavy atom. The summed E-state index contributed by atoms with van der Waals surface area (Å²) in [6.07, 6.45) is 6.19. The molecule has 1 N–H and O–H groups in total. The van der Waals surface area contributed by atoms with E-state index in [1.807, 2.05) is 104 Å². The first kappa shape index (κ1) is 45.9. The van der Waals surface area contributed by atoms with E-state index in [0.29, 0.717) is 45.0 Å². The number of carbonyl (C=O) groups is 4. The SMILES string of the molecule is COc1ccc(OC)c(C=Cc2ccc(N3C(=O)C4CC=C5C(CC6C(=O)N(c7cc(-c8sc9ccc(Cl)cc9c8C)nn7C)C(=O)C6(C)C5c5ccc(OCc6ccccc6)cc5O)C4C3=O)cc2)c1. The van der Waals surface area contributed by atoms with Crippen molar-refractivity contribution in [1.82, 2.24) is 9.78 Å². The van der Waals surface area contributed by atoms with Gasteiger partial charge in [-0.2, -0.15) is 5.10 Å². The van der Waals surface area contributed by atoms with E-state index in [-0.39, 0.29) is 37.0 Å². The van der Waals surface area contributed by atoms with Crippen LogP contribution in [0.15, 0.2) is 127 Å². The summed E-state index contributed by atoms with van der Waals surface area (Å²) in [5.74, 6) is -3.42. The maximum Gasteiger partial charge on any atom is 0.242 e. The molecule has 2 aliphatic heterocycles. The largest absolute Gasteiger partial charge is 0.508 e. The van der Waals surface area contributed by atoms with Gasteiger partial charge in [-0.05, 0) is 109 Å². The van der Waals surface area contributed by atoms with E-state index in [9.17, 15) is 14.7 Å². The van der Waals surface area contributed by atoms with Crippen molar-refractivity contribution >= 4 is 80.3 Å². The van der Waals surface area contributed by atoms with E-state index < -0.39 is 46.8 Å². The topological polar surface area (TPSA) is 140 Å². The summed E-state index contributed by atoms with van der Waals surface area (Å²) in [6, 6.07) is 35.0. The number of aromatic hydroxyl groups is 1. The van der Waals surface area contributed by atoms with Crippen LogP contribution in [0.5, 0.6) is 23.0 Å². The number of halogens is 1. The maximum absolute atomic E-state index is 15.5. The molecule has 6 unspecified atom stereocenters. The van der Waals surface area contributed by atoms with E-state index in [0.717, 1.165) is 42.8 Å². The number of rotatable bonds is 11. The lowest BCUT2D eigenvalue weighted by molar-refractivity contribution is -0.131. The number of imide groups is 2. The zero-order valence-corrected chi connectivity index (χ0v) is 41.2. The molecule has 71 heavy (non-hydrogen) atoms. The Morgan fingerprint density at radius 1 is 0.831 bits per heavy atom. The van der Waals surface area contributed by atoms with Gasteiger partial charge in [-0.1, -0.05) is 83.9 Å². The fourth-order valence-corrected chi connectivity index (χ4v) is 12.9. The molecule has 11 rings (SSSR count). The summed E-state index contributed by atoms with van der Waals surface area (Å²) in [4.78, 5) is 63.6. The van der Waals surface area contributed by atoms with E-state index in [2.05, 4.69) is 0 Å². The van der Waals surface area contributed by atoms with Gasteiger partial charge in [0.2, 0.25) is 23.6 Å². The molecular weight excluding hydrogens is 936 g/mol. The van der Waals surface area contributed by atoms with Crippen molar-refractivity contribution in [3.8, 4) is 33.6 Å². The minimum atomic E-state index is -1.41. The monoisotopic (exact) mass is 984 g/mol. The molecule has 7 aromatic rings. The molecule has 0 spiro atoms. The minimum absolute atomic E-state index is 0.111. The van der Waals surface area contributed by atoms with Crippen LogP contribution in [0.3, 0.4) is 0 Å². The van der Waals surface area contributed by atoms with Gasteiger partial charge in [0, 0.05) is 45.9 Å². The summed E-state index contributed by atoms with van der Waals surface area (Å²) >= 11 is 7.94. The minimum Gasteiger partial charge on any atom is -0.508 e. The number of methoxy groups -OCH3 is 2. The summed E-state index contributed by atoms with van der Waals surface area (Å²) in [6.45, 7) is 4.08. The molecule has 12 nitrogen and oxygen atoms in total. The number of phenols is 1. The quantitative estimate of drug-likeness (QED) is 0.0762. The molecule has 14 heteroatoms. The second-order valence-corrected chi connectivity index (χ2v) is 20.4. The van der Waals surface area contributed by atoms with Crippen molar-refractivity contribution in [2.45, 2.75) is 39.2 Å². The molecule has 1 saturated carbocycles. The normalized spacial score (nSPS) is 22.8. The Balaban J connectivity index is 0.945. The van der Waals surface area contributed by atoms with Crippen LogP contribution >= 0.6 is 22.9 Å². The number of anilines is 2. The predicted molar refractivity (Wildman–Crippen MR) is 275 cm³/mol. The van der Waals surface area contributed by atoms with Crippen molar-refractivity contribution in [1.29, 1.82) is 0 Å². The summed E-state index contributed by atoms with van der Waals surface area (Å²) in [5.41, 5.74) is 4.41. The summed E-state index contributed by atoms with van der Waals surface area (Å²) < 4.78 is 19.6. The summed E-state index contributed by atoms with van der Waals surface area (Å²) in [7, 11) is 4.92. The molecule has 4 aliphatic rings. The molecule has 6 atom stereocenters. The predicted octanol–water partition coefficient (Wildman–Crippen LogP) is 11.2. The number of hydrogen-bond acceptors (Lipinski definition) is 10. The van der Waals surface area contributed by atoms with Gasteiger partial charge in [-0.3, -0.25) is 28.8 Å². The number of thiophene rings is 1. The van der Waals surface area contributed by atoms with Gasteiger partial charge < -0.3 is 19.3 Å². The smallest absolute Gasteiger partial charge is 0.242 e. The lowest BCUT2D eigenvalue weighted by Gasteiger charge is -2.49. The Morgan fingerprint density at radius 3 is 2.35 bits per heavy atom. The molecule has 4 heterocycles. The standard InChI is InChI=1S/C57H49ClN4O8S/c1-31-42-26-35(58)15-24-48(42)71-52(31)45-29-49(60(3)59-45)62-54(65)44-28-43-39(51(57(44,2)56(62)67)40-20-18-38(27-46(40)63)70-30-33-9-7-6-8-10-33)21-22-41-50(43)55(66)61(53(41)64)36-16-12-32(13-17-36)11-14-34-25-37(68-4)19-23-47(34)69-5/h6-21,23-27,29,41,43-44,50-51,63H,22,28,30H2,1-5H3. The molecule has 2 aromatic heterocycles. The molecule has 0 radical (unpaired) electrons. The molecule has 5 aromatic carbocycles. The van der Waals surface area contributed by atoms with Crippen molar-refractivity contribution < 1.29 is 38.5 Å². The van der Waals surface area contributed by atoms with E-state index in [4.69, 9.17) is 30.9 Å². The Labute approximate surface area is 419 Å².